The van der Waals surface area contributed by atoms with Crippen LogP contribution in [-0.2, 0) is 4.74 Å². The molecule has 0 amide bonds. The summed E-state index contributed by atoms with van der Waals surface area (Å²) in [5.41, 5.74) is 5.83. The summed E-state index contributed by atoms with van der Waals surface area (Å²) in [5.74, 6) is 0.673. The van der Waals surface area contributed by atoms with Gasteiger partial charge in [-0.3, -0.25) is 4.90 Å². The van der Waals surface area contributed by atoms with Crippen LogP contribution in [0.2, 0.25) is 0 Å². The maximum absolute atomic E-state index is 5.83. The molecule has 0 radical (unpaired) electrons. The minimum Gasteiger partial charge on any atom is -0.380 e. The molecule has 0 aliphatic rings. The Morgan fingerprint density at radius 3 is 2.47 bits per heavy atom. The first-order valence-corrected chi connectivity index (χ1v) is 6.15. The molecule has 0 aliphatic carbocycles. The van der Waals surface area contributed by atoms with E-state index in [0.29, 0.717) is 12.0 Å². The predicted molar refractivity (Wildman–Crippen MR) is 66.0 cm³/mol. The summed E-state index contributed by atoms with van der Waals surface area (Å²) in [7, 11) is 2.14. The summed E-state index contributed by atoms with van der Waals surface area (Å²) >= 11 is 0. The van der Waals surface area contributed by atoms with Gasteiger partial charge < -0.3 is 10.5 Å². The van der Waals surface area contributed by atoms with E-state index in [4.69, 9.17) is 10.5 Å². The van der Waals surface area contributed by atoms with Crippen molar-refractivity contribution < 1.29 is 4.74 Å². The van der Waals surface area contributed by atoms with Crippen LogP contribution in [0.4, 0.5) is 0 Å². The molecule has 0 aromatic heterocycles. The monoisotopic (exact) mass is 216 g/mol. The first kappa shape index (κ1) is 14.9. The Kier molecular flexibility index (Phi) is 9.06. The van der Waals surface area contributed by atoms with Gasteiger partial charge in [-0.1, -0.05) is 20.3 Å². The highest BCUT2D eigenvalue weighted by atomic mass is 16.5. The highest BCUT2D eigenvalue weighted by molar-refractivity contribution is 4.75. The molecular formula is C12H28N2O. The molecule has 0 bridgehead atoms. The van der Waals surface area contributed by atoms with Crippen LogP contribution in [0.15, 0.2) is 0 Å². The number of hydrogen-bond acceptors (Lipinski definition) is 3. The van der Waals surface area contributed by atoms with Gasteiger partial charge in [0.2, 0.25) is 0 Å². The molecular weight excluding hydrogens is 188 g/mol. The average molecular weight is 216 g/mol. The molecule has 92 valence electrons. The number of likely N-dealkylation sites (N-methyl/N-ethyl adjacent to an activating group) is 1. The van der Waals surface area contributed by atoms with Crippen molar-refractivity contribution in [1.29, 1.82) is 0 Å². The normalized spacial score (nSPS) is 15.6. The Morgan fingerprint density at radius 1 is 1.33 bits per heavy atom. The van der Waals surface area contributed by atoms with E-state index in [2.05, 4.69) is 25.8 Å². The van der Waals surface area contributed by atoms with Crippen LogP contribution in [0, 0.1) is 5.92 Å². The zero-order chi connectivity index (χ0) is 11.7. The van der Waals surface area contributed by atoms with Gasteiger partial charge in [0, 0.05) is 25.7 Å². The smallest absolute Gasteiger partial charge is 0.0593 e. The highest BCUT2D eigenvalue weighted by Crippen LogP contribution is 2.14. The fourth-order valence-corrected chi connectivity index (χ4v) is 2.01. The Labute approximate surface area is 95.0 Å². The van der Waals surface area contributed by atoms with Crippen LogP contribution in [0.5, 0.6) is 0 Å². The van der Waals surface area contributed by atoms with Gasteiger partial charge in [-0.15, -0.1) is 0 Å². The van der Waals surface area contributed by atoms with E-state index >= 15 is 0 Å². The van der Waals surface area contributed by atoms with Crippen molar-refractivity contribution in [3.05, 3.63) is 0 Å². The maximum atomic E-state index is 5.83. The van der Waals surface area contributed by atoms with Gasteiger partial charge in [0.15, 0.2) is 0 Å². The third-order valence-corrected chi connectivity index (χ3v) is 3.00. The SMILES string of the molecule is CCCC(C)C(CN)N(C)CCOCC. The third kappa shape index (κ3) is 6.13. The standard InChI is InChI=1S/C12H28N2O/c1-5-7-11(3)12(10-13)14(4)8-9-15-6-2/h11-12H,5-10,13H2,1-4H3. The number of ether oxygens (including phenoxy) is 1. The van der Waals surface area contributed by atoms with E-state index in [0.717, 1.165) is 26.3 Å². The highest BCUT2D eigenvalue weighted by Gasteiger charge is 2.19. The Bertz CT molecular complexity index is 142. The second-order valence-corrected chi connectivity index (χ2v) is 4.25. The molecule has 0 saturated carbocycles. The average Bonchev–Trinajstić information content (AvgIpc) is 2.19. The number of rotatable bonds is 9. The van der Waals surface area contributed by atoms with E-state index < -0.39 is 0 Å². The lowest BCUT2D eigenvalue weighted by Crippen LogP contribution is -2.44. The van der Waals surface area contributed by atoms with Crippen molar-refractivity contribution in [3.8, 4) is 0 Å². The molecule has 2 unspecified atom stereocenters. The zero-order valence-electron chi connectivity index (χ0n) is 10.8. The summed E-state index contributed by atoms with van der Waals surface area (Å²) in [6, 6.07) is 0.491. The molecule has 2 N–H and O–H groups in total. The van der Waals surface area contributed by atoms with Crippen molar-refractivity contribution in [2.75, 3.05) is 33.4 Å². The molecule has 3 nitrogen and oxygen atoms in total. The van der Waals surface area contributed by atoms with Gasteiger partial charge in [-0.25, -0.2) is 0 Å². The largest absolute Gasteiger partial charge is 0.380 e. The summed E-state index contributed by atoms with van der Waals surface area (Å²) in [4.78, 5) is 2.33. The Morgan fingerprint density at radius 2 is 2.00 bits per heavy atom. The minimum absolute atomic E-state index is 0.491. The quantitative estimate of drug-likeness (QED) is 0.596. The Balaban J connectivity index is 3.91. The maximum Gasteiger partial charge on any atom is 0.0593 e. The molecule has 0 aromatic carbocycles. The summed E-state index contributed by atoms with van der Waals surface area (Å²) < 4.78 is 5.36. The Hall–Kier alpha value is -0.120. The molecule has 0 spiro atoms. The second-order valence-electron chi connectivity index (χ2n) is 4.25. The molecule has 2 atom stereocenters. The molecule has 0 rings (SSSR count). The summed E-state index contributed by atoms with van der Waals surface area (Å²) in [6.45, 7) is 9.87. The van der Waals surface area contributed by atoms with Crippen molar-refractivity contribution >= 4 is 0 Å². The topological polar surface area (TPSA) is 38.5 Å². The van der Waals surface area contributed by atoms with E-state index in [9.17, 15) is 0 Å². The predicted octanol–water partition coefficient (Wildman–Crippen LogP) is 1.72. The molecule has 0 fully saturated rings. The van der Waals surface area contributed by atoms with Gasteiger partial charge in [0.1, 0.15) is 0 Å². The van der Waals surface area contributed by atoms with Gasteiger partial charge >= 0.3 is 0 Å². The summed E-state index contributed by atoms with van der Waals surface area (Å²) in [5, 5.41) is 0. The van der Waals surface area contributed by atoms with Gasteiger partial charge in [0.25, 0.3) is 0 Å². The number of nitrogens with zero attached hydrogens (tertiary/aromatic N) is 1. The van der Waals surface area contributed by atoms with Crippen LogP contribution < -0.4 is 5.73 Å². The number of hydrogen-bond donors (Lipinski definition) is 1. The fraction of sp³-hybridized carbons (Fsp3) is 1.00. The first-order valence-electron chi connectivity index (χ1n) is 6.15. The van der Waals surface area contributed by atoms with Crippen LogP contribution in [-0.4, -0.2) is 44.3 Å². The molecule has 3 heteroatoms. The van der Waals surface area contributed by atoms with E-state index in [1.165, 1.54) is 12.8 Å². The second kappa shape index (κ2) is 9.13. The van der Waals surface area contributed by atoms with E-state index in [1.807, 2.05) is 6.92 Å². The van der Waals surface area contributed by atoms with Crippen molar-refractivity contribution in [2.24, 2.45) is 11.7 Å². The third-order valence-electron chi connectivity index (χ3n) is 3.00. The van der Waals surface area contributed by atoms with Crippen molar-refractivity contribution in [1.82, 2.24) is 4.90 Å². The van der Waals surface area contributed by atoms with Gasteiger partial charge in [0.05, 0.1) is 6.61 Å². The molecule has 15 heavy (non-hydrogen) atoms. The lowest BCUT2D eigenvalue weighted by Gasteiger charge is -2.31. The van der Waals surface area contributed by atoms with Crippen LogP contribution >= 0.6 is 0 Å². The van der Waals surface area contributed by atoms with Crippen molar-refractivity contribution in [2.45, 2.75) is 39.7 Å². The van der Waals surface area contributed by atoms with E-state index in [1.54, 1.807) is 0 Å². The van der Waals surface area contributed by atoms with Crippen LogP contribution in [0.3, 0.4) is 0 Å². The molecule has 0 heterocycles. The van der Waals surface area contributed by atoms with Gasteiger partial charge in [-0.2, -0.15) is 0 Å². The first-order chi connectivity index (χ1) is 7.17. The lowest BCUT2D eigenvalue weighted by molar-refractivity contribution is 0.0944. The molecule has 0 aromatic rings. The summed E-state index contributed by atoms with van der Waals surface area (Å²) in [6.07, 6.45) is 2.48. The van der Waals surface area contributed by atoms with Gasteiger partial charge in [-0.05, 0) is 26.3 Å². The molecule has 0 saturated heterocycles. The molecule has 0 aliphatic heterocycles. The minimum atomic E-state index is 0.491. The zero-order valence-corrected chi connectivity index (χ0v) is 10.8. The van der Waals surface area contributed by atoms with Crippen molar-refractivity contribution in [3.63, 3.8) is 0 Å². The fourth-order valence-electron chi connectivity index (χ4n) is 2.01. The van der Waals surface area contributed by atoms with E-state index in [-0.39, 0.29) is 0 Å². The lowest BCUT2D eigenvalue weighted by atomic mass is 9.96. The number of nitrogens with two attached hydrogens (primary N) is 1. The van der Waals surface area contributed by atoms with Crippen LogP contribution in [0.25, 0.3) is 0 Å². The van der Waals surface area contributed by atoms with Crippen LogP contribution in [0.1, 0.15) is 33.6 Å².